The van der Waals surface area contributed by atoms with Gasteiger partial charge in [-0.25, -0.2) is 13.4 Å². The Labute approximate surface area is 111 Å². The maximum absolute atomic E-state index is 11.5. The molecule has 1 aromatic heterocycles. The van der Waals surface area contributed by atoms with Gasteiger partial charge in [0.15, 0.2) is 9.84 Å². The molecule has 2 rings (SSSR count). The fourth-order valence-corrected chi connectivity index (χ4v) is 3.43. The monoisotopic (exact) mass is 285 g/mol. The van der Waals surface area contributed by atoms with Gasteiger partial charge >= 0.3 is 0 Å². The number of sulfone groups is 1. The molecule has 5 nitrogen and oxygen atoms in total. The third-order valence-corrected chi connectivity index (χ3v) is 4.93. The molecule has 0 amide bonds. The number of nitriles is 1. The lowest BCUT2D eigenvalue weighted by Gasteiger charge is -2.21. The summed E-state index contributed by atoms with van der Waals surface area (Å²) in [7, 11) is -2.97. The first-order chi connectivity index (χ1) is 8.53. The molecule has 0 atom stereocenters. The van der Waals surface area contributed by atoms with Crippen LogP contribution in [0.3, 0.4) is 0 Å². The zero-order valence-electron chi connectivity index (χ0n) is 9.63. The fraction of sp³-hybridized carbons (Fsp3) is 0.455. The number of rotatable bonds is 1. The van der Waals surface area contributed by atoms with E-state index < -0.39 is 9.84 Å². The van der Waals surface area contributed by atoms with Crippen LogP contribution in [-0.2, 0) is 9.84 Å². The lowest BCUT2D eigenvalue weighted by atomic mass is 10.2. The van der Waals surface area contributed by atoms with Crippen molar-refractivity contribution in [3.05, 3.63) is 22.8 Å². The van der Waals surface area contributed by atoms with Gasteiger partial charge < -0.3 is 4.90 Å². The smallest absolute Gasteiger partial charge is 0.152 e. The molecule has 0 spiro atoms. The lowest BCUT2D eigenvalue weighted by molar-refractivity contribution is 0.597. The Balaban J connectivity index is 2.30. The van der Waals surface area contributed by atoms with Crippen LogP contribution >= 0.6 is 11.6 Å². The molecule has 0 aromatic carbocycles. The molecule has 0 bridgehead atoms. The molecule has 7 heteroatoms. The summed E-state index contributed by atoms with van der Waals surface area (Å²) in [4.78, 5) is 5.98. The Bertz CT molecular complexity index is 595. The van der Waals surface area contributed by atoms with E-state index in [-0.39, 0.29) is 11.5 Å². The van der Waals surface area contributed by atoms with Gasteiger partial charge in [0.25, 0.3) is 0 Å². The van der Waals surface area contributed by atoms with Crippen molar-refractivity contribution < 1.29 is 8.42 Å². The minimum Gasteiger partial charge on any atom is -0.354 e. The molecule has 1 aromatic rings. The van der Waals surface area contributed by atoms with Crippen LogP contribution in [0.2, 0.25) is 5.02 Å². The second-order valence-electron chi connectivity index (χ2n) is 4.10. The molecule has 1 fully saturated rings. The van der Waals surface area contributed by atoms with Gasteiger partial charge in [-0.3, -0.25) is 0 Å². The minimum atomic E-state index is -2.97. The second-order valence-corrected chi connectivity index (χ2v) is 6.78. The van der Waals surface area contributed by atoms with E-state index in [2.05, 4.69) is 4.98 Å². The van der Waals surface area contributed by atoms with Crippen LogP contribution in [-0.4, -0.2) is 38.0 Å². The van der Waals surface area contributed by atoms with Crippen molar-refractivity contribution in [2.45, 2.75) is 6.42 Å². The molecule has 0 unspecified atom stereocenters. The van der Waals surface area contributed by atoms with Crippen molar-refractivity contribution in [1.29, 1.82) is 5.26 Å². The largest absolute Gasteiger partial charge is 0.354 e. The number of halogens is 1. The van der Waals surface area contributed by atoms with E-state index >= 15 is 0 Å². The van der Waals surface area contributed by atoms with Crippen LogP contribution < -0.4 is 4.90 Å². The molecule has 18 heavy (non-hydrogen) atoms. The molecule has 0 aliphatic carbocycles. The van der Waals surface area contributed by atoms with Crippen LogP contribution in [0.25, 0.3) is 0 Å². The zero-order chi connectivity index (χ0) is 13.2. The standard InChI is InChI=1S/C11H12ClN3O2S/c12-10-9(8-13)2-3-14-11(10)15-4-1-6-18(16,17)7-5-15/h2-3H,1,4-7H2. The van der Waals surface area contributed by atoms with Gasteiger partial charge in [0.05, 0.1) is 17.1 Å². The Hall–Kier alpha value is -1.32. The number of nitrogens with zero attached hydrogens (tertiary/aromatic N) is 3. The van der Waals surface area contributed by atoms with Crippen LogP contribution in [0.4, 0.5) is 5.82 Å². The Morgan fingerprint density at radius 2 is 2.17 bits per heavy atom. The number of hydrogen-bond donors (Lipinski definition) is 0. The first kappa shape index (κ1) is 13.1. The van der Waals surface area contributed by atoms with Crippen LogP contribution in [0.1, 0.15) is 12.0 Å². The van der Waals surface area contributed by atoms with Gasteiger partial charge in [0.2, 0.25) is 0 Å². The van der Waals surface area contributed by atoms with E-state index in [0.29, 0.717) is 35.9 Å². The zero-order valence-corrected chi connectivity index (χ0v) is 11.2. The summed E-state index contributed by atoms with van der Waals surface area (Å²) in [6.45, 7) is 0.949. The van der Waals surface area contributed by atoms with Gasteiger partial charge in [0, 0.05) is 19.3 Å². The summed E-state index contributed by atoms with van der Waals surface area (Å²) in [6, 6.07) is 3.53. The summed E-state index contributed by atoms with van der Waals surface area (Å²) >= 11 is 6.09. The third kappa shape index (κ3) is 2.74. The van der Waals surface area contributed by atoms with Crippen molar-refractivity contribution in [1.82, 2.24) is 4.98 Å². The molecule has 2 heterocycles. The van der Waals surface area contributed by atoms with Crippen LogP contribution in [0, 0.1) is 11.3 Å². The molecule has 1 saturated heterocycles. The van der Waals surface area contributed by atoms with Gasteiger partial charge in [-0.1, -0.05) is 11.6 Å². The minimum absolute atomic E-state index is 0.0990. The lowest BCUT2D eigenvalue weighted by Crippen LogP contribution is -2.28. The summed E-state index contributed by atoms with van der Waals surface area (Å²) in [5, 5.41) is 9.19. The summed E-state index contributed by atoms with van der Waals surface area (Å²) in [6.07, 6.45) is 2.07. The Morgan fingerprint density at radius 3 is 2.89 bits per heavy atom. The third-order valence-electron chi connectivity index (χ3n) is 2.85. The summed E-state index contributed by atoms with van der Waals surface area (Å²) in [5.74, 6) is 0.786. The molecular weight excluding hydrogens is 274 g/mol. The number of pyridine rings is 1. The van der Waals surface area contributed by atoms with Crippen molar-refractivity contribution in [2.75, 3.05) is 29.5 Å². The number of aromatic nitrogens is 1. The van der Waals surface area contributed by atoms with Crippen LogP contribution in [0.15, 0.2) is 12.3 Å². The van der Waals surface area contributed by atoms with E-state index in [4.69, 9.17) is 16.9 Å². The van der Waals surface area contributed by atoms with Crippen molar-refractivity contribution in [2.24, 2.45) is 0 Å². The molecule has 0 radical (unpaired) electrons. The van der Waals surface area contributed by atoms with Gasteiger partial charge in [-0.05, 0) is 12.5 Å². The average Bonchev–Trinajstić information content (AvgIpc) is 2.51. The SMILES string of the molecule is N#Cc1ccnc(N2CCCS(=O)(=O)CC2)c1Cl. The van der Waals surface area contributed by atoms with Crippen LogP contribution in [0.5, 0.6) is 0 Å². The fourth-order valence-electron chi connectivity index (χ4n) is 1.89. The Kier molecular flexibility index (Phi) is 3.73. The molecular formula is C11H12ClN3O2S. The van der Waals surface area contributed by atoms with Gasteiger partial charge in [-0.15, -0.1) is 0 Å². The van der Waals surface area contributed by atoms with Crippen molar-refractivity contribution in [3.8, 4) is 6.07 Å². The molecule has 1 aliphatic heterocycles. The van der Waals surface area contributed by atoms with E-state index in [1.54, 1.807) is 6.07 Å². The van der Waals surface area contributed by atoms with E-state index in [0.717, 1.165) is 0 Å². The first-order valence-electron chi connectivity index (χ1n) is 5.53. The average molecular weight is 286 g/mol. The highest BCUT2D eigenvalue weighted by molar-refractivity contribution is 7.91. The van der Waals surface area contributed by atoms with Crippen molar-refractivity contribution in [3.63, 3.8) is 0 Å². The highest BCUT2D eigenvalue weighted by atomic mass is 35.5. The van der Waals surface area contributed by atoms with Crippen molar-refractivity contribution >= 4 is 27.3 Å². The summed E-state index contributed by atoms with van der Waals surface area (Å²) in [5.41, 5.74) is 0.355. The van der Waals surface area contributed by atoms with Gasteiger partial charge in [0.1, 0.15) is 16.9 Å². The second kappa shape index (κ2) is 5.12. The highest BCUT2D eigenvalue weighted by Crippen LogP contribution is 2.27. The normalized spacial score (nSPS) is 19.0. The number of anilines is 1. The highest BCUT2D eigenvalue weighted by Gasteiger charge is 2.22. The van der Waals surface area contributed by atoms with E-state index in [1.165, 1.54) is 6.20 Å². The summed E-state index contributed by atoms with van der Waals surface area (Å²) < 4.78 is 23.0. The first-order valence-corrected chi connectivity index (χ1v) is 7.73. The predicted molar refractivity (Wildman–Crippen MR) is 69.4 cm³/mol. The number of hydrogen-bond acceptors (Lipinski definition) is 5. The molecule has 1 aliphatic rings. The molecule has 0 N–H and O–H groups in total. The van der Waals surface area contributed by atoms with E-state index in [1.807, 2.05) is 11.0 Å². The topological polar surface area (TPSA) is 74.1 Å². The predicted octanol–water partition coefficient (Wildman–Crippen LogP) is 1.23. The van der Waals surface area contributed by atoms with E-state index in [9.17, 15) is 8.42 Å². The molecule has 0 saturated carbocycles. The quantitative estimate of drug-likeness (QED) is 0.776. The molecule has 96 valence electrons. The Morgan fingerprint density at radius 1 is 1.39 bits per heavy atom. The van der Waals surface area contributed by atoms with Gasteiger partial charge in [-0.2, -0.15) is 5.26 Å². The maximum atomic E-state index is 11.5. The maximum Gasteiger partial charge on any atom is 0.152 e.